The van der Waals surface area contributed by atoms with E-state index in [0.717, 1.165) is 26.9 Å². The molecule has 0 unspecified atom stereocenters. The summed E-state index contributed by atoms with van der Waals surface area (Å²) in [4.78, 5) is 4.66. The zero-order chi connectivity index (χ0) is 10.7. The molecule has 0 atom stereocenters. The summed E-state index contributed by atoms with van der Waals surface area (Å²) in [5, 5.41) is 0. The molecule has 1 rings (SSSR count). The molecule has 0 aliphatic heterocycles. The van der Waals surface area contributed by atoms with E-state index in [1.807, 2.05) is 19.9 Å². The van der Waals surface area contributed by atoms with Crippen LogP contribution in [-0.4, -0.2) is 7.11 Å². The predicted octanol–water partition coefficient (Wildman–Crippen LogP) is 2.46. The van der Waals surface area contributed by atoms with Crippen molar-refractivity contribution in [2.75, 3.05) is 7.11 Å². The van der Waals surface area contributed by atoms with Gasteiger partial charge in [-0.1, -0.05) is 15.9 Å². The topological polar surface area (TPSA) is 44.5 Å². The molecule has 0 saturated heterocycles. The van der Waals surface area contributed by atoms with Crippen LogP contribution in [0, 0.1) is 13.8 Å². The lowest BCUT2D eigenvalue weighted by Gasteiger charge is -2.14. The molecule has 0 amide bonds. The first-order valence-corrected chi connectivity index (χ1v) is 5.05. The molecule has 0 aliphatic rings. The standard InChI is InChI=1S/C10H14BrNO2/c1-6-4-9(11)7(2)8(5-14-12)10(6)13-3/h4H,5,12H2,1-3H3. The molecule has 78 valence electrons. The Bertz CT molecular complexity index is 339. The van der Waals surface area contributed by atoms with Crippen LogP contribution >= 0.6 is 15.9 Å². The van der Waals surface area contributed by atoms with Gasteiger partial charge in [-0.05, 0) is 31.0 Å². The second-order valence-corrected chi connectivity index (χ2v) is 3.98. The van der Waals surface area contributed by atoms with Crippen LogP contribution in [-0.2, 0) is 11.4 Å². The Labute approximate surface area is 92.3 Å². The maximum absolute atomic E-state index is 5.31. The molecule has 0 saturated carbocycles. The van der Waals surface area contributed by atoms with Crippen molar-refractivity contribution in [2.24, 2.45) is 5.90 Å². The maximum atomic E-state index is 5.31. The van der Waals surface area contributed by atoms with Crippen molar-refractivity contribution in [2.45, 2.75) is 20.5 Å². The second-order valence-electron chi connectivity index (χ2n) is 3.12. The minimum atomic E-state index is 0.356. The summed E-state index contributed by atoms with van der Waals surface area (Å²) in [7, 11) is 1.65. The third kappa shape index (κ3) is 2.08. The zero-order valence-corrected chi connectivity index (χ0v) is 10.1. The number of hydrogen-bond donors (Lipinski definition) is 1. The Kier molecular flexibility index (Phi) is 3.92. The van der Waals surface area contributed by atoms with Crippen molar-refractivity contribution in [3.05, 3.63) is 27.2 Å². The first kappa shape index (κ1) is 11.5. The van der Waals surface area contributed by atoms with Crippen molar-refractivity contribution in [3.63, 3.8) is 0 Å². The van der Waals surface area contributed by atoms with Gasteiger partial charge in [0.25, 0.3) is 0 Å². The van der Waals surface area contributed by atoms with Gasteiger partial charge in [0.05, 0.1) is 13.7 Å². The Morgan fingerprint density at radius 1 is 1.43 bits per heavy atom. The lowest BCUT2D eigenvalue weighted by atomic mass is 10.0. The van der Waals surface area contributed by atoms with E-state index in [9.17, 15) is 0 Å². The van der Waals surface area contributed by atoms with Crippen LogP contribution < -0.4 is 10.6 Å². The quantitative estimate of drug-likeness (QED) is 0.849. The van der Waals surface area contributed by atoms with E-state index in [2.05, 4.69) is 20.8 Å². The van der Waals surface area contributed by atoms with E-state index >= 15 is 0 Å². The predicted molar refractivity (Wildman–Crippen MR) is 59.1 cm³/mol. The van der Waals surface area contributed by atoms with E-state index in [1.54, 1.807) is 7.11 Å². The Morgan fingerprint density at radius 2 is 2.07 bits per heavy atom. The molecule has 0 heterocycles. The van der Waals surface area contributed by atoms with E-state index in [1.165, 1.54) is 0 Å². The van der Waals surface area contributed by atoms with Crippen molar-refractivity contribution >= 4 is 15.9 Å². The molecule has 14 heavy (non-hydrogen) atoms. The Morgan fingerprint density at radius 3 is 2.57 bits per heavy atom. The van der Waals surface area contributed by atoms with Gasteiger partial charge in [0.15, 0.2) is 0 Å². The largest absolute Gasteiger partial charge is 0.496 e. The van der Waals surface area contributed by atoms with Gasteiger partial charge < -0.3 is 4.74 Å². The van der Waals surface area contributed by atoms with Crippen molar-refractivity contribution < 1.29 is 9.57 Å². The summed E-state index contributed by atoms with van der Waals surface area (Å²) in [5.74, 6) is 5.93. The van der Waals surface area contributed by atoms with Gasteiger partial charge in [-0.2, -0.15) is 0 Å². The molecular weight excluding hydrogens is 246 g/mol. The molecule has 2 N–H and O–H groups in total. The zero-order valence-electron chi connectivity index (χ0n) is 8.56. The van der Waals surface area contributed by atoms with Gasteiger partial charge >= 0.3 is 0 Å². The van der Waals surface area contributed by atoms with Crippen LogP contribution in [0.4, 0.5) is 0 Å². The summed E-state index contributed by atoms with van der Waals surface area (Å²) >= 11 is 3.48. The maximum Gasteiger partial charge on any atom is 0.127 e. The number of halogens is 1. The van der Waals surface area contributed by atoms with E-state index in [0.29, 0.717) is 6.61 Å². The third-order valence-electron chi connectivity index (χ3n) is 2.22. The molecule has 3 nitrogen and oxygen atoms in total. The highest BCUT2D eigenvalue weighted by atomic mass is 79.9. The summed E-state index contributed by atoms with van der Waals surface area (Å²) in [6.07, 6.45) is 0. The van der Waals surface area contributed by atoms with Gasteiger partial charge in [0.2, 0.25) is 0 Å². The van der Waals surface area contributed by atoms with E-state index < -0.39 is 0 Å². The van der Waals surface area contributed by atoms with Gasteiger partial charge in [-0.3, -0.25) is 4.84 Å². The number of ether oxygens (including phenoxy) is 1. The monoisotopic (exact) mass is 259 g/mol. The molecule has 0 radical (unpaired) electrons. The minimum Gasteiger partial charge on any atom is -0.496 e. The molecule has 4 heteroatoms. The van der Waals surface area contributed by atoms with Crippen LogP contribution in [0.5, 0.6) is 5.75 Å². The molecule has 0 spiro atoms. The highest BCUT2D eigenvalue weighted by Gasteiger charge is 2.12. The van der Waals surface area contributed by atoms with Crippen molar-refractivity contribution in [1.82, 2.24) is 0 Å². The smallest absolute Gasteiger partial charge is 0.127 e. The SMILES string of the molecule is COc1c(C)cc(Br)c(C)c1CON. The van der Waals surface area contributed by atoms with E-state index in [-0.39, 0.29) is 0 Å². The van der Waals surface area contributed by atoms with Crippen molar-refractivity contribution in [1.29, 1.82) is 0 Å². The lowest BCUT2D eigenvalue weighted by Crippen LogP contribution is -2.04. The number of nitrogens with two attached hydrogens (primary N) is 1. The van der Waals surface area contributed by atoms with Crippen LogP contribution in [0.1, 0.15) is 16.7 Å². The number of aryl methyl sites for hydroxylation is 1. The third-order valence-corrected chi connectivity index (χ3v) is 3.04. The molecule has 1 aromatic carbocycles. The highest BCUT2D eigenvalue weighted by molar-refractivity contribution is 9.10. The van der Waals surface area contributed by atoms with Crippen LogP contribution in [0.2, 0.25) is 0 Å². The van der Waals surface area contributed by atoms with E-state index in [4.69, 9.17) is 10.6 Å². The fraction of sp³-hybridized carbons (Fsp3) is 0.400. The number of hydrogen-bond acceptors (Lipinski definition) is 3. The fourth-order valence-corrected chi connectivity index (χ4v) is 2.04. The number of rotatable bonds is 3. The fourth-order valence-electron chi connectivity index (χ4n) is 1.46. The number of methoxy groups -OCH3 is 1. The number of benzene rings is 1. The average Bonchev–Trinajstić information content (AvgIpc) is 2.14. The summed E-state index contributed by atoms with van der Waals surface area (Å²) < 4.78 is 6.35. The van der Waals surface area contributed by atoms with Gasteiger partial charge in [-0.25, -0.2) is 5.90 Å². The Balaban J connectivity index is 3.32. The van der Waals surface area contributed by atoms with Crippen LogP contribution in [0.25, 0.3) is 0 Å². The molecule has 0 bridgehead atoms. The Hall–Kier alpha value is -0.580. The molecule has 0 fully saturated rings. The molecule has 0 aliphatic carbocycles. The second kappa shape index (κ2) is 4.77. The summed E-state index contributed by atoms with van der Waals surface area (Å²) in [6.45, 7) is 4.35. The van der Waals surface area contributed by atoms with Gasteiger partial charge in [0.1, 0.15) is 5.75 Å². The molecule has 1 aromatic rings. The summed E-state index contributed by atoms with van der Waals surface area (Å²) in [5.41, 5.74) is 3.15. The highest BCUT2D eigenvalue weighted by Crippen LogP contribution is 2.32. The lowest BCUT2D eigenvalue weighted by molar-refractivity contribution is 0.121. The normalized spacial score (nSPS) is 10.4. The summed E-state index contributed by atoms with van der Waals surface area (Å²) in [6, 6.07) is 2.02. The van der Waals surface area contributed by atoms with Crippen LogP contribution in [0.15, 0.2) is 10.5 Å². The minimum absolute atomic E-state index is 0.356. The van der Waals surface area contributed by atoms with Gasteiger partial charge in [0, 0.05) is 10.0 Å². The molecule has 0 aromatic heterocycles. The van der Waals surface area contributed by atoms with Crippen molar-refractivity contribution in [3.8, 4) is 5.75 Å². The van der Waals surface area contributed by atoms with Gasteiger partial charge in [-0.15, -0.1) is 0 Å². The first-order valence-electron chi connectivity index (χ1n) is 4.26. The first-order chi connectivity index (χ1) is 6.61. The average molecular weight is 260 g/mol. The van der Waals surface area contributed by atoms with Crippen LogP contribution in [0.3, 0.4) is 0 Å². The molecular formula is C10H14BrNO2.